The van der Waals surface area contributed by atoms with Gasteiger partial charge in [0.1, 0.15) is 5.75 Å². The lowest BCUT2D eigenvalue weighted by molar-refractivity contribution is -0.118. The van der Waals surface area contributed by atoms with E-state index in [0.717, 1.165) is 15.7 Å². The molecule has 1 amide bonds. The van der Waals surface area contributed by atoms with E-state index < -0.39 is 0 Å². The number of thiazole rings is 1. The number of rotatable bonds is 5. The third-order valence-corrected chi connectivity index (χ3v) is 5.16. The van der Waals surface area contributed by atoms with Gasteiger partial charge >= 0.3 is 0 Å². The quantitative estimate of drug-likeness (QED) is 0.620. The van der Waals surface area contributed by atoms with Gasteiger partial charge in [0.2, 0.25) is 0 Å². The van der Waals surface area contributed by atoms with E-state index in [1.54, 1.807) is 6.07 Å². The van der Waals surface area contributed by atoms with Crippen LogP contribution in [0.25, 0.3) is 11.3 Å². The van der Waals surface area contributed by atoms with Crippen LogP contribution in [0.3, 0.4) is 0 Å². The predicted octanol–water partition coefficient (Wildman–Crippen LogP) is 5.21. The van der Waals surface area contributed by atoms with E-state index in [-0.39, 0.29) is 12.5 Å². The number of halogens is 1. The van der Waals surface area contributed by atoms with Gasteiger partial charge < -0.3 is 4.74 Å². The molecule has 3 aromatic rings. The van der Waals surface area contributed by atoms with Gasteiger partial charge in [-0.25, -0.2) is 4.98 Å². The number of hydrogen-bond donors (Lipinski definition) is 1. The Morgan fingerprint density at radius 1 is 1.20 bits per heavy atom. The molecule has 1 N–H and O–H groups in total. The molecule has 0 bridgehead atoms. The number of carbonyl (C=O) groups is 1. The van der Waals surface area contributed by atoms with E-state index in [1.165, 1.54) is 22.5 Å². The Labute approximate surface area is 159 Å². The van der Waals surface area contributed by atoms with Crippen molar-refractivity contribution in [1.82, 2.24) is 4.98 Å². The molecule has 4 nitrogen and oxygen atoms in total. The molecular weight excluding hydrogens is 400 g/mol. The molecule has 0 atom stereocenters. The molecule has 0 saturated carbocycles. The maximum absolute atomic E-state index is 12.1. The van der Waals surface area contributed by atoms with E-state index in [2.05, 4.69) is 52.2 Å². The first-order chi connectivity index (χ1) is 12.0. The number of anilines is 1. The number of aryl methyl sites for hydroxylation is 2. The Morgan fingerprint density at radius 3 is 2.76 bits per heavy atom. The van der Waals surface area contributed by atoms with Crippen LogP contribution in [0.4, 0.5) is 5.13 Å². The van der Waals surface area contributed by atoms with Gasteiger partial charge in [-0.15, -0.1) is 11.3 Å². The lowest BCUT2D eigenvalue weighted by atomic mass is 10.1. The molecule has 0 unspecified atom stereocenters. The highest BCUT2D eigenvalue weighted by Crippen LogP contribution is 2.27. The van der Waals surface area contributed by atoms with Crippen molar-refractivity contribution in [3.8, 4) is 17.0 Å². The Bertz CT molecular complexity index is 908. The van der Waals surface area contributed by atoms with Crippen molar-refractivity contribution in [2.45, 2.75) is 13.8 Å². The summed E-state index contributed by atoms with van der Waals surface area (Å²) in [6, 6.07) is 13.6. The number of ether oxygens (including phenoxy) is 1. The lowest BCUT2D eigenvalue weighted by Crippen LogP contribution is -2.20. The van der Waals surface area contributed by atoms with Crippen LogP contribution in [-0.4, -0.2) is 17.5 Å². The Morgan fingerprint density at radius 2 is 2.00 bits per heavy atom. The van der Waals surface area contributed by atoms with Crippen molar-refractivity contribution in [2.75, 3.05) is 11.9 Å². The zero-order chi connectivity index (χ0) is 17.8. The van der Waals surface area contributed by atoms with Gasteiger partial charge in [-0.3, -0.25) is 10.1 Å². The molecule has 0 radical (unpaired) electrons. The molecular formula is C19H17BrN2O2S. The minimum absolute atomic E-state index is 0.0683. The summed E-state index contributed by atoms with van der Waals surface area (Å²) in [5.41, 5.74) is 4.37. The third-order valence-electron chi connectivity index (χ3n) is 3.75. The second-order valence-electron chi connectivity index (χ2n) is 5.60. The molecule has 0 saturated heterocycles. The van der Waals surface area contributed by atoms with Crippen molar-refractivity contribution in [3.63, 3.8) is 0 Å². The molecule has 128 valence electrons. The molecule has 2 aromatic carbocycles. The normalized spacial score (nSPS) is 10.5. The first-order valence-electron chi connectivity index (χ1n) is 7.73. The molecule has 0 aliphatic carbocycles. The van der Waals surface area contributed by atoms with Crippen molar-refractivity contribution in [3.05, 3.63) is 63.4 Å². The minimum atomic E-state index is -0.239. The molecule has 0 spiro atoms. The van der Waals surface area contributed by atoms with Crippen molar-refractivity contribution in [1.29, 1.82) is 0 Å². The SMILES string of the molecule is Cc1ccc(-c2csc(NC(=O)COc3ccccc3Br)n2)cc1C. The van der Waals surface area contributed by atoms with Gasteiger partial charge in [-0.05, 0) is 59.1 Å². The Kier molecular flexibility index (Phi) is 5.50. The number of nitrogens with one attached hydrogen (secondary N) is 1. The number of amides is 1. The first-order valence-corrected chi connectivity index (χ1v) is 9.40. The third kappa shape index (κ3) is 4.46. The highest BCUT2D eigenvalue weighted by atomic mass is 79.9. The fourth-order valence-electron chi connectivity index (χ4n) is 2.22. The summed E-state index contributed by atoms with van der Waals surface area (Å²) in [4.78, 5) is 16.5. The van der Waals surface area contributed by atoms with E-state index >= 15 is 0 Å². The van der Waals surface area contributed by atoms with Crippen molar-refractivity contribution >= 4 is 38.3 Å². The zero-order valence-electron chi connectivity index (χ0n) is 13.9. The summed E-state index contributed by atoms with van der Waals surface area (Å²) in [5.74, 6) is 0.393. The van der Waals surface area contributed by atoms with Crippen LogP contribution in [0.5, 0.6) is 5.75 Å². The standard InChI is InChI=1S/C19H17BrN2O2S/c1-12-7-8-14(9-13(12)2)16-11-25-19(21-16)22-18(23)10-24-17-6-4-3-5-15(17)20/h3-9,11H,10H2,1-2H3,(H,21,22,23). The zero-order valence-corrected chi connectivity index (χ0v) is 16.3. The fraction of sp³-hybridized carbons (Fsp3) is 0.158. The summed E-state index contributed by atoms with van der Waals surface area (Å²) in [6.07, 6.45) is 0. The van der Waals surface area contributed by atoms with Gasteiger partial charge in [-0.1, -0.05) is 24.3 Å². The second-order valence-corrected chi connectivity index (χ2v) is 7.32. The van der Waals surface area contributed by atoms with Gasteiger partial charge in [0, 0.05) is 10.9 Å². The number of carbonyl (C=O) groups excluding carboxylic acids is 1. The number of para-hydroxylation sites is 1. The maximum atomic E-state index is 12.1. The number of benzene rings is 2. The average molecular weight is 417 g/mol. The van der Waals surface area contributed by atoms with Crippen LogP contribution >= 0.6 is 27.3 Å². The first kappa shape index (κ1) is 17.6. The maximum Gasteiger partial charge on any atom is 0.264 e. The monoisotopic (exact) mass is 416 g/mol. The predicted molar refractivity (Wildman–Crippen MR) is 105 cm³/mol. The molecule has 0 fully saturated rings. The molecule has 0 aliphatic rings. The van der Waals surface area contributed by atoms with Crippen LogP contribution in [0, 0.1) is 13.8 Å². The molecule has 1 aromatic heterocycles. The van der Waals surface area contributed by atoms with Gasteiger partial charge in [0.15, 0.2) is 11.7 Å². The number of nitrogens with zero attached hydrogens (tertiary/aromatic N) is 1. The average Bonchev–Trinajstić information content (AvgIpc) is 3.05. The van der Waals surface area contributed by atoms with E-state index in [1.807, 2.05) is 29.6 Å². The van der Waals surface area contributed by atoms with Crippen LogP contribution in [-0.2, 0) is 4.79 Å². The highest BCUT2D eigenvalue weighted by Gasteiger charge is 2.10. The summed E-state index contributed by atoms with van der Waals surface area (Å²) < 4.78 is 6.32. The van der Waals surface area contributed by atoms with E-state index in [0.29, 0.717) is 10.9 Å². The summed E-state index contributed by atoms with van der Waals surface area (Å²) in [5, 5.41) is 5.28. The molecule has 1 heterocycles. The molecule has 6 heteroatoms. The second kappa shape index (κ2) is 7.80. The van der Waals surface area contributed by atoms with Crippen LogP contribution in [0.15, 0.2) is 52.3 Å². The lowest BCUT2D eigenvalue weighted by Gasteiger charge is -2.07. The summed E-state index contributed by atoms with van der Waals surface area (Å²) in [6.45, 7) is 4.09. The van der Waals surface area contributed by atoms with Gasteiger partial charge in [0.25, 0.3) is 5.91 Å². The summed E-state index contributed by atoms with van der Waals surface area (Å²) in [7, 11) is 0. The fourth-order valence-corrected chi connectivity index (χ4v) is 3.36. The minimum Gasteiger partial charge on any atom is -0.483 e. The van der Waals surface area contributed by atoms with Crippen LogP contribution < -0.4 is 10.1 Å². The highest BCUT2D eigenvalue weighted by molar-refractivity contribution is 9.10. The smallest absolute Gasteiger partial charge is 0.264 e. The van der Waals surface area contributed by atoms with E-state index in [9.17, 15) is 4.79 Å². The van der Waals surface area contributed by atoms with Crippen LogP contribution in [0.2, 0.25) is 0 Å². The van der Waals surface area contributed by atoms with Crippen LogP contribution in [0.1, 0.15) is 11.1 Å². The van der Waals surface area contributed by atoms with Gasteiger partial charge in [-0.2, -0.15) is 0 Å². The summed E-state index contributed by atoms with van der Waals surface area (Å²) >= 11 is 4.79. The largest absolute Gasteiger partial charge is 0.483 e. The molecule has 25 heavy (non-hydrogen) atoms. The topological polar surface area (TPSA) is 51.2 Å². The molecule has 3 rings (SSSR count). The number of aromatic nitrogens is 1. The van der Waals surface area contributed by atoms with Gasteiger partial charge in [0.05, 0.1) is 10.2 Å². The number of hydrogen-bond acceptors (Lipinski definition) is 4. The van der Waals surface area contributed by atoms with Crippen molar-refractivity contribution < 1.29 is 9.53 Å². The Hall–Kier alpha value is -2.18. The Balaban J connectivity index is 1.62. The molecule has 0 aliphatic heterocycles. The van der Waals surface area contributed by atoms with Crippen molar-refractivity contribution in [2.24, 2.45) is 0 Å². The van der Waals surface area contributed by atoms with E-state index in [4.69, 9.17) is 4.74 Å².